The van der Waals surface area contributed by atoms with Gasteiger partial charge in [0.05, 0.1) is 0 Å². The van der Waals surface area contributed by atoms with Gasteiger partial charge >= 0.3 is 5.97 Å². The maximum atomic E-state index is 12.0. The third-order valence-corrected chi connectivity index (χ3v) is 3.97. The van der Waals surface area contributed by atoms with Crippen LogP contribution in [0, 0.1) is 0 Å². The smallest absolute Gasteiger partial charge is 0.323 e. The molecule has 1 saturated carbocycles. The van der Waals surface area contributed by atoms with E-state index >= 15 is 0 Å². The molecule has 1 fully saturated rings. The molecule has 0 amide bonds. The number of rotatable bonds is 5. The van der Waals surface area contributed by atoms with Gasteiger partial charge in [-0.05, 0) is 44.1 Å². The van der Waals surface area contributed by atoms with E-state index in [1.54, 1.807) is 0 Å². The zero-order chi connectivity index (χ0) is 14.2. The molecule has 0 spiro atoms. The predicted molar refractivity (Wildman–Crippen MR) is 80.3 cm³/mol. The van der Waals surface area contributed by atoms with Crippen LogP contribution in [0.5, 0.6) is 0 Å². The van der Waals surface area contributed by atoms with E-state index in [4.69, 9.17) is 10.5 Å². The highest BCUT2D eigenvalue weighted by Gasteiger charge is 2.21. The Morgan fingerprint density at radius 2 is 1.80 bits per heavy atom. The third-order valence-electron chi connectivity index (χ3n) is 3.97. The van der Waals surface area contributed by atoms with Gasteiger partial charge in [-0.3, -0.25) is 4.79 Å². The lowest BCUT2D eigenvalue weighted by Gasteiger charge is -2.18. The molecule has 1 aromatic rings. The number of hydrogen-bond donors (Lipinski definition) is 1. The van der Waals surface area contributed by atoms with Crippen LogP contribution >= 0.6 is 0 Å². The molecular weight excluding hydrogens is 250 g/mol. The van der Waals surface area contributed by atoms with Crippen LogP contribution in [0.25, 0.3) is 0 Å². The van der Waals surface area contributed by atoms with E-state index in [-0.39, 0.29) is 12.1 Å². The molecule has 0 heterocycles. The summed E-state index contributed by atoms with van der Waals surface area (Å²) in [5.74, 6) is -0.229. The lowest BCUT2D eigenvalue weighted by Crippen LogP contribution is -2.35. The number of ether oxygens (including phenoxy) is 1. The number of hydrogen-bond acceptors (Lipinski definition) is 3. The van der Waals surface area contributed by atoms with E-state index in [1.807, 2.05) is 18.2 Å². The standard InChI is InChI=1S/C17H25NO2/c18-16(13-12-14-8-4-3-5-9-14)17(19)20-15-10-6-1-2-7-11-15/h3-5,8-9,15-16H,1-2,6-7,10-13,18H2. The van der Waals surface area contributed by atoms with Crippen molar-refractivity contribution in [3.63, 3.8) is 0 Å². The molecule has 3 heteroatoms. The second kappa shape index (κ2) is 8.05. The number of carbonyl (C=O) groups excluding carboxylic acids is 1. The number of carbonyl (C=O) groups is 1. The van der Waals surface area contributed by atoms with Crippen molar-refractivity contribution in [2.45, 2.75) is 63.5 Å². The first-order valence-corrected chi connectivity index (χ1v) is 7.75. The van der Waals surface area contributed by atoms with Crippen LogP contribution in [-0.4, -0.2) is 18.1 Å². The second-order valence-electron chi connectivity index (χ2n) is 5.68. The fourth-order valence-corrected chi connectivity index (χ4v) is 2.70. The highest BCUT2D eigenvalue weighted by atomic mass is 16.5. The second-order valence-corrected chi connectivity index (χ2v) is 5.68. The van der Waals surface area contributed by atoms with Crippen molar-refractivity contribution in [1.82, 2.24) is 0 Å². The SMILES string of the molecule is NC(CCc1ccccc1)C(=O)OC1CCCCCC1. The monoisotopic (exact) mass is 275 g/mol. The molecule has 0 radical (unpaired) electrons. The van der Waals surface area contributed by atoms with Crippen LogP contribution < -0.4 is 5.73 Å². The Labute approximate surface area is 121 Å². The zero-order valence-corrected chi connectivity index (χ0v) is 12.1. The van der Waals surface area contributed by atoms with E-state index in [9.17, 15) is 4.79 Å². The van der Waals surface area contributed by atoms with Crippen LogP contribution in [0.2, 0.25) is 0 Å². The fourth-order valence-electron chi connectivity index (χ4n) is 2.70. The minimum absolute atomic E-state index is 0.0905. The molecule has 20 heavy (non-hydrogen) atoms. The topological polar surface area (TPSA) is 52.3 Å². The zero-order valence-electron chi connectivity index (χ0n) is 12.1. The minimum Gasteiger partial charge on any atom is -0.461 e. The molecule has 1 aromatic carbocycles. The number of aryl methyl sites for hydroxylation is 1. The van der Waals surface area contributed by atoms with Gasteiger partial charge in [-0.2, -0.15) is 0 Å². The van der Waals surface area contributed by atoms with E-state index in [0.29, 0.717) is 6.42 Å². The van der Waals surface area contributed by atoms with Crippen LogP contribution in [-0.2, 0) is 16.0 Å². The van der Waals surface area contributed by atoms with E-state index in [1.165, 1.54) is 18.4 Å². The van der Waals surface area contributed by atoms with Crippen molar-refractivity contribution >= 4 is 5.97 Å². The van der Waals surface area contributed by atoms with E-state index in [2.05, 4.69) is 12.1 Å². The quantitative estimate of drug-likeness (QED) is 0.663. The fraction of sp³-hybridized carbons (Fsp3) is 0.588. The Hall–Kier alpha value is -1.35. The molecule has 1 unspecified atom stereocenters. The summed E-state index contributed by atoms with van der Waals surface area (Å²) < 4.78 is 5.56. The lowest BCUT2D eigenvalue weighted by atomic mass is 10.1. The average molecular weight is 275 g/mol. The van der Waals surface area contributed by atoms with Crippen molar-refractivity contribution in [3.8, 4) is 0 Å². The van der Waals surface area contributed by atoms with Crippen LogP contribution in [0.1, 0.15) is 50.5 Å². The summed E-state index contributed by atoms with van der Waals surface area (Å²) >= 11 is 0. The van der Waals surface area contributed by atoms with Gasteiger partial charge < -0.3 is 10.5 Å². The van der Waals surface area contributed by atoms with Gasteiger partial charge in [0.1, 0.15) is 12.1 Å². The van der Waals surface area contributed by atoms with Gasteiger partial charge in [0.25, 0.3) is 0 Å². The molecule has 0 saturated heterocycles. The van der Waals surface area contributed by atoms with Gasteiger partial charge in [0.15, 0.2) is 0 Å². The van der Waals surface area contributed by atoms with Crippen LogP contribution in [0.15, 0.2) is 30.3 Å². The van der Waals surface area contributed by atoms with Gasteiger partial charge in [0.2, 0.25) is 0 Å². The molecule has 1 atom stereocenters. The average Bonchev–Trinajstić information content (AvgIpc) is 2.74. The summed E-state index contributed by atoms with van der Waals surface area (Å²) in [6, 6.07) is 9.62. The summed E-state index contributed by atoms with van der Waals surface area (Å²) in [7, 11) is 0. The summed E-state index contributed by atoms with van der Waals surface area (Å²) in [5, 5.41) is 0. The van der Waals surface area contributed by atoms with Crippen molar-refractivity contribution in [1.29, 1.82) is 0 Å². The van der Waals surface area contributed by atoms with Crippen LogP contribution in [0.3, 0.4) is 0 Å². The van der Waals surface area contributed by atoms with Crippen molar-refractivity contribution in [3.05, 3.63) is 35.9 Å². The number of esters is 1. The van der Waals surface area contributed by atoms with Gasteiger partial charge in [-0.1, -0.05) is 43.2 Å². The van der Waals surface area contributed by atoms with Gasteiger partial charge in [0, 0.05) is 0 Å². The highest BCUT2D eigenvalue weighted by molar-refractivity contribution is 5.75. The molecule has 0 aromatic heterocycles. The summed E-state index contributed by atoms with van der Waals surface area (Å²) in [4.78, 5) is 12.0. The summed E-state index contributed by atoms with van der Waals surface area (Å²) in [6.07, 6.45) is 8.40. The molecular formula is C17H25NO2. The maximum Gasteiger partial charge on any atom is 0.323 e. The molecule has 0 aliphatic heterocycles. The van der Waals surface area contributed by atoms with E-state index < -0.39 is 6.04 Å². The number of nitrogens with two attached hydrogens (primary N) is 1. The predicted octanol–water partition coefficient (Wildman–Crippen LogP) is 3.21. The Bertz CT molecular complexity index is 397. The molecule has 1 aliphatic carbocycles. The molecule has 1 aliphatic rings. The Balaban J connectivity index is 1.73. The third kappa shape index (κ3) is 4.97. The highest BCUT2D eigenvalue weighted by Crippen LogP contribution is 2.20. The molecule has 2 N–H and O–H groups in total. The molecule has 2 rings (SSSR count). The van der Waals surface area contributed by atoms with Crippen LogP contribution in [0.4, 0.5) is 0 Å². The normalized spacial score (nSPS) is 18.2. The Kier molecular flexibility index (Phi) is 6.06. The van der Waals surface area contributed by atoms with Gasteiger partial charge in [-0.25, -0.2) is 0 Å². The van der Waals surface area contributed by atoms with E-state index in [0.717, 1.165) is 32.1 Å². The Morgan fingerprint density at radius 3 is 2.45 bits per heavy atom. The molecule has 110 valence electrons. The van der Waals surface area contributed by atoms with Crippen molar-refractivity contribution in [2.24, 2.45) is 5.73 Å². The first-order valence-electron chi connectivity index (χ1n) is 7.75. The molecule has 3 nitrogen and oxygen atoms in total. The number of benzene rings is 1. The largest absolute Gasteiger partial charge is 0.461 e. The maximum absolute atomic E-state index is 12.0. The van der Waals surface area contributed by atoms with Gasteiger partial charge in [-0.15, -0.1) is 0 Å². The lowest BCUT2D eigenvalue weighted by molar-refractivity contribution is -0.151. The molecule has 0 bridgehead atoms. The van der Waals surface area contributed by atoms with Crippen molar-refractivity contribution in [2.75, 3.05) is 0 Å². The summed E-state index contributed by atoms with van der Waals surface area (Å²) in [5.41, 5.74) is 7.16. The Morgan fingerprint density at radius 1 is 1.15 bits per heavy atom. The first kappa shape index (κ1) is 15.0. The summed E-state index contributed by atoms with van der Waals surface area (Å²) in [6.45, 7) is 0. The minimum atomic E-state index is -0.501. The van der Waals surface area contributed by atoms with Crippen molar-refractivity contribution < 1.29 is 9.53 Å². The first-order chi connectivity index (χ1) is 9.75.